The molecule has 0 aliphatic heterocycles. The lowest BCUT2D eigenvalue weighted by Crippen LogP contribution is -2.28. The molecule has 0 unspecified atom stereocenters. The van der Waals surface area contributed by atoms with E-state index >= 15 is 0 Å². The van der Waals surface area contributed by atoms with Crippen LogP contribution in [-0.4, -0.2) is 31.9 Å². The van der Waals surface area contributed by atoms with E-state index in [2.05, 4.69) is 11.8 Å². The maximum atomic E-state index is 11.9. The van der Waals surface area contributed by atoms with Crippen LogP contribution in [-0.2, 0) is 20.7 Å². The van der Waals surface area contributed by atoms with Gasteiger partial charge in [-0.25, -0.2) is 4.79 Å². The van der Waals surface area contributed by atoms with Crippen molar-refractivity contribution in [3.05, 3.63) is 77.9 Å². The quantitative estimate of drug-likeness (QED) is 0.485. The van der Waals surface area contributed by atoms with E-state index < -0.39 is 6.10 Å². The lowest BCUT2D eigenvalue weighted by Gasteiger charge is -2.15. The van der Waals surface area contributed by atoms with E-state index in [-0.39, 0.29) is 5.97 Å². The zero-order valence-electron chi connectivity index (χ0n) is 16.4. The molecule has 146 valence electrons. The maximum absolute atomic E-state index is 11.9. The minimum absolute atomic E-state index is 0.327. The van der Waals surface area contributed by atoms with Gasteiger partial charge in [-0.3, -0.25) is 0 Å². The molecule has 0 spiro atoms. The van der Waals surface area contributed by atoms with Crippen LogP contribution in [0.5, 0.6) is 5.75 Å². The van der Waals surface area contributed by atoms with Crippen molar-refractivity contribution in [3.8, 4) is 17.6 Å². The molecule has 1 atom stereocenters. The molecule has 0 saturated carbocycles. The molecular formula is C24H26O4. The molecule has 0 bridgehead atoms. The van der Waals surface area contributed by atoms with Gasteiger partial charge in [-0.1, -0.05) is 42.2 Å². The molecule has 0 heterocycles. The van der Waals surface area contributed by atoms with E-state index in [4.69, 9.17) is 14.2 Å². The molecule has 0 aromatic heterocycles. The molecule has 0 amide bonds. The van der Waals surface area contributed by atoms with Crippen molar-refractivity contribution in [3.63, 3.8) is 0 Å². The number of carbonyl (C=O) groups is 1. The second-order valence-corrected chi connectivity index (χ2v) is 5.89. The monoisotopic (exact) mass is 378 g/mol. The summed E-state index contributed by atoms with van der Waals surface area (Å²) >= 11 is 0. The number of ether oxygens (including phenoxy) is 3. The van der Waals surface area contributed by atoms with Crippen molar-refractivity contribution in [1.82, 2.24) is 0 Å². The van der Waals surface area contributed by atoms with Gasteiger partial charge in [-0.15, -0.1) is 0 Å². The van der Waals surface area contributed by atoms with Crippen molar-refractivity contribution in [2.45, 2.75) is 26.4 Å². The number of hydrogen-bond acceptors (Lipinski definition) is 4. The van der Waals surface area contributed by atoms with Crippen molar-refractivity contribution in [2.24, 2.45) is 0 Å². The Balaban J connectivity index is 1.81. The van der Waals surface area contributed by atoms with Gasteiger partial charge in [-0.2, -0.15) is 0 Å². The average molecular weight is 378 g/mol. The van der Waals surface area contributed by atoms with Gasteiger partial charge in [0.1, 0.15) is 12.4 Å². The summed E-state index contributed by atoms with van der Waals surface area (Å²) in [4.78, 5) is 11.9. The highest BCUT2D eigenvalue weighted by Crippen LogP contribution is 2.15. The summed E-state index contributed by atoms with van der Waals surface area (Å²) < 4.78 is 16.2. The summed E-state index contributed by atoms with van der Waals surface area (Å²) in [6.07, 6.45) is 3.55. The first-order chi connectivity index (χ1) is 13.7. The number of benzene rings is 2. The Bertz CT molecular complexity index is 798. The van der Waals surface area contributed by atoms with Gasteiger partial charge >= 0.3 is 5.97 Å². The van der Waals surface area contributed by atoms with Crippen LogP contribution in [0.25, 0.3) is 0 Å². The molecule has 0 saturated heterocycles. The standard InChI is InChI=1S/C24H26O4/c1-3-26-23(24(25)27-4-2)19-21-14-16-22(17-15-21)28-18-10-6-9-13-20-11-7-5-8-12-20/h5-8,10-12,14-17,23H,3-4,18-19H2,1-2H3/t23-/m0/s1. The molecule has 4 nitrogen and oxygen atoms in total. The molecule has 0 radical (unpaired) electrons. The summed E-state index contributed by atoms with van der Waals surface area (Å²) in [5.41, 5.74) is 1.97. The van der Waals surface area contributed by atoms with Gasteiger partial charge in [0, 0.05) is 18.6 Å². The van der Waals surface area contributed by atoms with E-state index in [1.165, 1.54) is 0 Å². The highest BCUT2D eigenvalue weighted by atomic mass is 16.6. The summed E-state index contributed by atoms with van der Waals surface area (Å²) in [6, 6.07) is 17.5. The Morgan fingerprint density at radius 1 is 1.04 bits per heavy atom. The van der Waals surface area contributed by atoms with E-state index in [0.717, 1.165) is 16.9 Å². The summed E-state index contributed by atoms with van der Waals surface area (Å²) in [7, 11) is 0. The lowest BCUT2D eigenvalue weighted by atomic mass is 10.1. The lowest BCUT2D eigenvalue weighted by molar-refractivity contribution is -0.156. The Hall–Kier alpha value is -3.03. The molecule has 2 aromatic rings. The topological polar surface area (TPSA) is 44.8 Å². The molecule has 0 aliphatic carbocycles. The van der Waals surface area contributed by atoms with Gasteiger partial charge < -0.3 is 14.2 Å². The van der Waals surface area contributed by atoms with Crippen LogP contribution in [0.4, 0.5) is 0 Å². The predicted octanol–water partition coefficient (Wildman–Crippen LogP) is 4.18. The highest BCUT2D eigenvalue weighted by Gasteiger charge is 2.20. The predicted molar refractivity (Wildman–Crippen MR) is 110 cm³/mol. The minimum Gasteiger partial charge on any atom is -0.490 e. The van der Waals surface area contributed by atoms with Gasteiger partial charge in [0.2, 0.25) is 0 Å². The van der Waals surface area contributed by atoms with Crippen LogP contribution in [0.1, 0.15) is 25.0 Å². The fraction of sp³-hybridized carbons (Fsp3) is 0.292. The van der Waals surface area contributed by atoms with Gasteiger partial charge in [0.05, 0.1) is 6.61 Å². The van der Waals surface area contributed by atoms with Crippen LogP contribution in [0.2, 0.25) is 0 Å². The van der Waals surface area contributed by atoms with Gasteiger partial charge in [0.15, 0.2) is 6.10 Å². The minimum atomic E-state index is -0.581. The second-order valence-electron chi connectivity index (χ2n) is 5.89. The third-order valence-corrected chi connectivity index (χ3v) is 3.80. The van der Waals surface area contributed by atoms with E-state index in [1.54, 1.807) is 13.0 Å². The zero-order valence-corrected chi connectivity index (χ0v) is 16.4. The van der Waals surface area contributed by atoms with Crippen LogP contribution in [0.3, 0.4) is 0 Å². The highest BCUT2D eigenvalue weighted by molar-refractivity contribution is 5.75. The zero-order chi connectivity index (χ0) is 20.0. The molecule has 0 fully saturated rings. The molecular weight excluding hydrogens is 352 g/mol. The van der Waals surface area contributed by atoms with Crippen LogP contribution < -0.4 is 4.74 Å². The third-order valence-electron chi connectivity index (χ3n) is 3.80. The van der Waals surface area contributed by atoms with E-state index in [9.17, 15) is 4.79 Å². The fourth-order valence-corrected chi connectivity index (χ4v) is 2.48. The molecule has 2 rings (SSSR count). The Labute approximate surface area is 167 Å². The molecule has 28 heavy (non-hydrogen) atoms. The summed E-state index contributed by atoms with van der Waals surface area (Å²) in [6.45, 7) is 4.89. The van der Waals surface area contributed by atoms with Crippen LogP contribution >= 0.6 is 0 Å². The number of rotatable bonds is 9. The van der Waals surface area contributed by atoms with E-state index in [1.807, 2.05) is 67.6 Å². The SMILES string of the molecule is CCOC(=O)[C@H](Cc1ccc(OCC=CC#Cc2ccccc2)cc1)OCC. The molecule has 0 aliphatic rings. The maximum Gasteiger partial charge on any atom is 0.335 e. The van der Waals surface area contributed by atoms with Crippen LogP contribution in [0.15, 0.2) is 66.7 Å². The molecule has 4 heteroatoms. The van der Waals surface area contributed by atoms with Gasteiger partial charge in [-0.05, 0) is 55.8 Å². The summed E-state index contributed by atoms with van der Waals surface area (Å²) in [5.74, 6) is 6.47. The first-order valence-corrected chi connectivity index (χ1v) is 9.44. The fourth-order valence-electron chi connectivity index (χ4n) is 2.48. The number of carbonyl (C=O) groups excluding carboxylic acids is 1. The van der Waals surface area contributed by atoms with Gasteiger partial charge in [0.25, 0.3) is 0 Å². The van der Waals surface area contributed by atoms with Crippen molar-refractivity contribution >= 4 is 5.97 Å². The largest absolute Gasteiger partial charge is 0.490 e. The smallest absolute Gasteiger partial charge is 0.335 e. The number of hydrogen-bond donors (Lipinski definition) is 0. The van der Waals surface area contributed by atoms with Crippen LogP contribution in [0, 0.1) is 11.8 Å². The average Bonchev–Trinajstić information content (AvgIpc) is 2.72. The Kier molecular flexibility index (Phi) is 9.40. The molecule has 0 N–H and O–H groups in total. The summed E-state index contributed by atoms with van der Waals surface area (Å²) in [5, 5.41) is 0. The number of esters is 1. The second kappa shape index (κ2) is 12.4. The number of allylic oxidation sites excluding steroid dienone is 1. The van der Waals surface area contributed by atoms with Crippen molar-refractivity contribution in [1.29, 1.82) is 0 Å². The Morgan fingerprint density at radius 2 is 1.79 bits per heavy atom. The third kappa shape index (κ3) is 7.69. The first kappa shape index (κ1) is 21.3. The Morgan fingerprint density at radius 3 is 2.46 bits per heavy atom. The van der Waals surface area contributed by atoms with E-state index in [0.29, 0.717) is 26.2 Å². The van der Waals surface area contributed by atoms with Crippen molar-refractivity contribution < 1.29 is 19.0 Å². The molecule has 2 aromatic carbocycles. The van der Waals surface area contributed by atoms with Crippen molar-refractivity contribution in [2.75, 3.05) is 19.8 Å². The normalized spacial score (nSPS) is 11.5. The first-order valence-electron chi connectivity index (χ1n) is 9.44.